The number of H-pyrrole nitrogens is 1. The van der Waals surface area contributed by atoms with Crippen LogP contribution in [-0.2, 0) is 17.8 Å². The second kappa shape index (κ2) is 8.80. The highest BCUT2D eigenvalue weighted by atomic mass is 32.1. The van der Waals surface area contributed by atoms with E-state index in [2.05, 4.69) is 35.9 Å². The van der Waals surface area contributed by atoms with Crippen molar-refractivity contribution in [2.75, 3.05) is 13.1 Å². The molecule has 0 bridgehead atoms. The Kier molecular flexibility index (Phi) is 6.75. The fourth-order valence-electron chi connectivity index (χ4n) is 2.65. The third-order valence-corrected chi connectivity index (χ3v) is 4.79. The maximum atomic E-state index is 11.9. The number of carboxylic acid groups (broad SMARTS) is 1. The SMILES string of the molecule is CCCN(CCC(=O)O)Cc1sc(=O)[nH]c1-c1ccc(CC)cc1. The van der Waals surface area contributed by atoms with Gasteiger partial charge in [0.2, 0.25) is 0 Å². The molecule has 0 radical (unpaired) electrons. The molecule has 0 unspecified atom stereocenters. The van der Waals surface area contributed by atoms with Gasteiger partial charge in [-0.05, 0) is 30.5 Å². The summed E-state index contributed by atoms with van der Waals surface area (Å²) in [5.41, 5.74) is 3.10. The standard InChI is InChI=1S/C18H24N2O3S/c1-3-10-20(11-9-16(21)22)12-15-17(19-18(23)24-15)14-7-5-13(4-2)6-8-14/h5-8H,3-4,9-12H2,1-2H3,(H,19,23)(H,21,22). The van der Waals surface area contributed by atoms with Crippen LogP contribution in [0.5, 0.6) is 0 Å². The fourth-order valence-corrected chi connectivity index (χ4v) is 3.55. The molecule has 0 spiro atoms. The molecule has 2 N–H and O–H groups in total. The number of hydrogen-bond donors (Lipinski definition) is 2. The zero-order chi connectivity index (χ0) is 17.5. The van der Waals surface area contributed by atoms with E-state index in [1.54, 1.807) is 0 Å². The van der Waals surface area contributed by atoms with Gasteiger partial charge in [0.1, 0.15) is 0 Å². The summed E-state index contributed by atoms with van der Waals surface area (Å²) >= 11 is 1.21. The molecule has 1 aromatic heterocycles. The number of nitrogens with zero attached hydrogens (tertiary/aromatic N) is 1. The molecule has 6 heteroatoms. The number of carboxylic acids is 1. The number of nitrogens with one attached hydrogen (secondary N) is 1. The van der Waals surface area contributed by atoms with Gasteiger partial charge in [0.25, 0.3) is 0 Å². The van der Waals surface area contributed by atoms with Crippen molar-refractivity contribution < 1.29 is 9.90 Å². The summed E-state index contributed by atoms with van der Waals surface area (Å²) < 4.78 is 0. The predicted octanol–water partition coefficient (Wildman–Crippen LogP) is 3.35. The van der Waals surface area contributed by atoms with Crippen molar-refractivity contribution in [3.8, 4) is 11.3 Å². The molecule has 1 heterocycles. The monoisotopic (exact) mass is 348 g/mol. The molecule has 2 rings (SSSR count). The number of carbonyl (C=O) groups is 1. The molecule has 2 aromatic rings. The van der Waals surface area contributed by atoms with Gasteiger partial charge in [-0.25, -0.2) is 0 Å². The number of aliphatic carboxylic acids is 1. The Bertz CT molecular complexity index is 719. The zero-order valence-electron chi connectivity index (χ0n) is 14.2. The molecule has 0 saturated heterocycles. The predicted molar refractivity (Wildman–Crippen MR) is 97.6 cm³/mol. The van der Waals surface area contributed by atoms with E-state index in [0.717, 1.165) is 35.5 Å². The normalized spacial score (nSPS) is 11.1. The maximum Gasteiger partial charge on any atom is 0.305 e. The van der Waals surface area contributed by atoms with Gasteiger partial charge in [-0.15, -0.1) is 0 Å². The molecule has 0 atom stereocenters. The summed E-state index contributed by atoms with van der Waals surface area (Å²) in [7, 11) is 0. The second-order valence-electron chi connectivity index (χ2n) is 5.78. The molecule has 5 nitrogen and oxygen atoms in total. The van der Waals surface area contributed by atoms with Gasteiger partial charge in [0.05, 0.1) is 12.1 Å². The Morgan fingerprint density at radius 3 is 2.50 bits per heavy atom. The van der Waals surface area contributed by atoms with E-state index in [1.165, 1.54) is 16.9 Å². The first-order valence-corrected chi connectivity index (χ1v) is 9.10. The minimum atomic E-state index is -0.797. The minimum Gasteiger partial charge on any atom is -0.481 e. The van der Waals surface area contributed by atoms with Gasteiger partial charge < -0.3 is 10.1 Å². The Balaban J connectivity index is 2.22. The van der Waals surface area contributed by atoms with Crippen molar-refractivity contribution in [2.45, 2.75) is 39.7 Å². The van der Waals surface area contributed by atoms with Crippen LogP contribution in [0.4, 0.5) is 0 Å². The molecule has 130 valence electrons. The first kappa shape index (κ1) is 18.4. The summed E-state index contributed by atoms with van der Waals surface area (Å²) in [4.78, 5) is 28.6. The van der Waals surface area contributed by atoms with E-state index in [0.29, 0.717) is 13.1 Å². The summed E-state index contributed by atoms with van der Waals surface area (Å²) in [6.07, 6.45) is 2.03. The van der Waals surface area contributed by atoms with Crippen LogP contribution in [0.1, 0.15) is 37.1 Å². The van der Waals surface area contributed by atoms with Crippen LogP contribution < -0.4 is 4.87 Å². The number of hydrogen-bond acceptors (Lipinski definition) is 4. The van der Waals surface area contributed by atoms with E-state index in [9.17, 15) is 9.59 Å². The minimum absolute atomic E-state index is 0.0748. The number of aryl methyl sites for hydroxylation is 1. The van der Waals surface area contributed by atoms with Crippen molar-refractivity contribution in [2.24, 2.45) is 0 Å². The van der Waals surface area contributed by atoms with Crippen molar-refractivity contribution >= 4 is 17.3 Å². The molecular formula is C18H24N2O3S. The number of rotatable bonds is 9. The Labute approximate surface area is 146 Å². The lowest BCUT2D eigenvalue weighted by Crippen LogP contribution is -2.26. The molecule has 0 saturated carbocycles. The van der Waals surface area contributed by atoms with Crippen molar-refractivity contribution in [1.29, 1.82) is 0 Å². The summed E-state index contributed by atoms with van der Waals surface area (Å²) in [5.74, 6) is -0.797. The summed E-state index contributed by atoms with van der Waals surface area (Å²) in [6.45, 7) is 6.07. The third kappa shape index (κ3) is 5.04. The summed E-state index contributed by atoms with van der Waals surface area (Å²) in [5, 5.41) is 8.90. The van der Waals surface area contributed by atoms with Crippen LogP contribution in [0.3, 0.4) is 0 Å². The lowest BCUT2D eigenvalue weighted by Gasteiger charge is -2.20. The molecular weight excluding hydrogens is 324 g/mol. The second-order valence-corrected chi connectivity index (χ2v) is 6.85. The number of aromatic amines is 1. The summed E-state index contributed by atoms with van der Waals surface area (Å²) in [6, 6.07) is 8.20. The van der Waals surface area contributed by atoms with E-state index < -0.39 is 5.97 Å². The molecule has 0 aliphatic heterocycles. The molecule has 0 amide bonds. The fraction of sp³-hybridized carbons (Fsp3) is 0.444. The molecule has 0 aliphatic carbocycles. The van der Waals surface area contributed by atoms with E-state index >= 15 is 0 Å². The molecule has 24 heavy (non-hydrogen) atoms. The highest BCUT2D eigenvalue weighted by Gasteiger charge is 2.15. The van der Waals surface area contributed by atoms with Crippen LogP contribution in [0.2, 0.25) is 0 Å². The maximum absolute atomic E-state index is 11.9. The van der Waals surface area contributed by atoms with Gasteiger partial charge in [-0.2, -0.15) is 0 Å². The zero-order valence-corrected chi connectivity index (χ0v) is 15.0. The quantitative estimate of drug-likeness (QED) is 0.729. The Morgan fingerprint density at radius 2 is 1.92 bits per heavy atom. The smallest absolute Gasteiger partial charge is 0.305 e. The largest absolute Gasteiger partial charge is 0.481 e. The van der Waals surface area contributed by atoms with Gasteiger partial charge >= 0.3 is 10.8 Å². The van der Waals surface area contributed by atoms with E-state index in [4.69, 9.17) is 5.11 Å². The number of benzene rings is 1. The average Bonchev–Trinajstić information content (AvgIpc) is 2.93. The van der Waals surface area contributed by atoms with Crippen LogP contribution in [0.25, 0.3) is 11.3 Å². The van der Waals surface area contributed by atoms with Gasteiger partial charge in [0, 0.05) is 18.0 Å². The van der Waals surface area contributed by atoms with E-state index in [1.807, 2.05) is 12.1 Å². The molecule has 1 aromatic carbocycles. The molecule has 0 fully saturated rings. The Hall–Kier alpha value is -1.92. The number of aromatic nitrogens is 1. The van der Waals surface area contributed by atoms with Crippen LogP contribution in [0, 0.1) is 0 Å². The van der Waals surface area contributed by atoms with Gasteiger partial charge in [-0.1, -0.05) is 49.4 Å². The lowest BCUT2D eigenvalue weighted by molar-refractivity contribution is -0.137. The van der Waals surface area contributed by atoms with Crippen molar-refractivity contribution in [3.05, 3.63) is 44.4 Å². The highest BCUT2D eigenvalue weighted by Crippen LogP contribution is 2.25. The first-order valence-electron chi connectivity index (χ1n) is 8.29. The third-order valence-electron chi connectivity index (χ3n) is 3.92. The number of thiazole rings is 1. The first-order chi connectivity index (χ1) is 11.5. The van der Waals surface area contributed by atoms with Crippen molar-refractivity contribution in [1.82, 2.24) is 9.88 Å². The molecule has 0 aliphatic rings. The van der Waals surface area contributed by atoms with Gasteiger partial charge in [0.15, 0.2) is 0 Å². The average molecular weight is 348 g/mol. The lowest BCUT2D eigenvalue weighted by atomic mass is 10.1. The topological polar surface area (TPSA) is 73.4 Å². The van der Waals surface area contributed by atoms with E-state index in [-0.39, 0.29) is 11.3 Å². The van der Waals surface area contributed by atoms with Crippen LogP contribution in [-0.4, -0.2) is 34.0 Å². The van der Waals surface area contributed by atoms with Gasteiger partial charge in [-0.3, -0.25) is 14.5 Å². The van der Waals surface area contributed by atoms with Crippen molar-refractivity contribution in [3.63, 3.8) is 0 Å². The highest BCUT2D eigenvalue weighted by molar-refractivity contribution is 7.09. The van der Waals surface area contributed by atoms with Crippen LogP contribution >= 0.6 is 11.3 Å². The Morgan fingerprint density at radius 1 is 1.21 bits per heavy atom. The van der Waals surface area contributed by atoms with Crippen LogP contribution in [0.15, 0.2) is 29.1 Å².